The number of nitro groups is 1. The Morgan fingerprint density at radius 2 is 1.69 bits per heavy atom. The van der Waals surface area contributed by atoms with Gasteiger partial charge in [-0.2, -0.15) is 0 Å². The molecule has 1 aliphatic rings. The van der Waals surface area contributed by atoms with E-state index in [1.165, 1.54) is 23.1 Å². The molecule has 0 bridgehead atoms. The van der Waals surface area contributed by atoms with E-state index in [1.807, 2.05) is 30.3 Å². The number of sulfonamides is 1. The van der Waals surface area contributed by atoms with Crippen molar-refractivity contribution in [1.82, 2.24) is 10.2 Å². The summed E-state index contributed by atoms with van der Waals surface area (Å²) in [5, 5.41) is 14.9. The van der Waals surface area contributed by atoms with E-state index in [0.717, 1.165) is 47.9 Å². The molecule has 0 aromatic heterocycles. The third kappa shape index (κ3) is 8.07. The Morgan fingerprint density at radius 1 is 1.02 bits per heavy atom. The van der Waals surface area contributed by atoms with Gasteiger partial charge >= 0.3 is 0 Å². The second kappa shape index (κ2) is 13.8. The predicted octanol–water partition coefficient (Wildman–Crippen LogP) is 4.71. The Labute approximate surface area is 250 Å². The Balaban J connectivity index is 1.74. The van der Waals surface area contributed by atoms with Crippen LogP contribution in [0.15, 0.2) is 78.9 Å². The van der Waals surface area contributed by atoms with Crippen LogP contribution in [0.3, 0.4) is 0 Å². The lowest BCUT2D eigenvalue weighted by atomic mass is 10.0. The minimum atomic E-state index is -4.06. The number of non-ortho nitro benzene ring substituents is 1. The van der Waals surface area contributed by atoms with Crippen molar-refractivity contribution in [1.29, 1.82) is 0 Å². The number of halogens is 1. The highest BCUT2D eigenvalue weighted by Gasteiger charge is 2.34. The number of anilines is 1. The Kier molecular flexibility index (Phi) is 10.2. The van der Waals surface area contributed by atoms with Crippen LogP contribution >= 0.6 is 11.6 Å². The molecule has 0 spiro atoms. The molecule has 0 heterocycles. The summed E-state index contributed by atoms with van der Waals surface area (Å²) < 4.78 is 26.6. The maximum absolute atomic E-state index is 14.1. The molecule has 0 radical (unpaired) electrons. The SMILES string of the molecule is CS(=O)(=O)N(CC(=O)N(Cc1ccccc1Cl)[C@@H](Cc1ccccc1)C(=O)NC1CCCC1)c1cccc([N+](=O)[O-])c1. The van der Waals surface area contributed by atoms with Gasteiger partial charge in [0.15, 0.2) is 0 Å². The van der Waals surface area contributed by atoms with Gasteiger partial charge in [0, 0.05) is 36.2 Å². The van der Waals surface area contributed by atoms with E-state index in [2.05, 4.69) is 5.32 Å². The van der Waals surface area contributed by atoms with Gasteiger partial charge in [0.1, 0.15) is 12.6 Å². The van der Waals surface area contributed by atoms with Gasteiger partial charge in [-0.15, -0.1) is 0 Å². The maximum atomic E-state index is 14.1. The van der Waals surface area contributed by atoms with Crippen LogP contribution in [-0.4, -0.2) is 54.9 Å². The molecule has 1 N–H and O–H groups in total. The number of benzene rings is 3. The quantitative estimate of drug-likeness (QED) is 0.233. The van der Waals surface area contributed by atoms with Crippen molar-refractivity contribution in [3.8, 4) is 0 Å². The summed E-state index contributed by atoms with van der Waals surface area (Å²) >= 11 is 6.47. The zero-order chi connectivity index (χ0) is 30.3. The van der Waals surface area contributed by atoms with Crippen LogP contribution in [-0.2, 0) is 32.6 Å². The molecule has 12 heteroatoms. The molecule has 4 rings (SSSR count). The van der Waals surface area contributed by atoms with E-state index in [0.29, 0.717) is 10.6 Å². The molecular formula is C30H33ClN4O6S. The number of hydrogen-bond donors (Lipinski definition) is 1. The lowest BCUT2D eigenvalue weighted by Gasteiger charge is -2.34. The standard InChI is InChI=1S/C30H33ClN4O6S/c1-42(40,41)34(25-15-9-16-26(19-25)35(38)39)21-29(36)33(20-23-12-5-8-17-27(23)31)28(18-22-10-3-2-4-11-22)30(37)32-24-13-6-7-14-24/h2-5,8-12,15-17,19,24,28H,6-7,13-14,18,20-21H2,1H3,(H,32,37)/t28-/m0/s1. The van der Waals surface area contributed by atoms with Crippen molar-refractivity contribution in [2.45, 2.75) is 50.7 Å². The van der Waals surface area contributed by atoms with Gasteiger partial charge in [0.05, 0.1) is 16.9 Å². The molecule has 222 valence electrons. The maximum Gasteiger partial charge on any atom is 0.271 e. The van der Waals surface area contributed by atoms with Crippen LogP contribution in [0.2, 0.25) is 5.02 Å². The molecular weight excluding hydrogens is 580 g/mol. The molecule has 2 amide bonds. The Morgan fingerprint density at radius 3 is 2.33 bits per heavy atom. The first-order chi connectivity index (χ1) is 20.0. The smallest absolute Gasteiger partial charge is 0.271 e. The molecule has 42 heavy (non-hydrogen) atoms. The van der Waals surface area contributed by atoms with Crippen LogP contribution in [0.25, 0.3) is 0 Å². The highest BCUT2D eigenvalue weighted by molar-refractivity contribution is 7.92. The third-order valence-corrected chi connectivity index (χ3v) is 8.79. The van der Waals surface area contributed by atoms with Crippen LogP contribution in [0.1, 0.15) is 36.8 Å². The molecule has 1 saturated carbocycles. The average molecular weight is 613 g/mol. The molecule has 1 aliphatic carbocycles. The summed E-state index contributed by atoms with van der Waals surface area (Å²) in [4.78, 5) is 40.1. The summed E-state index contributed by atoms with van der Waals surface area (Å²) in [5.74, 6) is -0.998. The second-order valence-corrected chi connectivity index (χ2v) is 12.7. The van der Waals surface area contributed by atoms with E-state index in [4.69, 9.17) is 11.6 Å². The van der Waals surface area contributed by atoms with Gasteiger partial charge in [-0.05, 0) is 36.1 Å². The number of amides is 2. The second-order valence-electron chi connectivity index (χ2n) is 10.4. The summed E-state index contributed by atoms with van der Waals surface area (Å²) in [5.41, 5.74) is 1.05. The normalized spacial score (nSPS) is 14.2. The molecule has 0 unspecified atom stereocenters. The number of hydrogen-bond acceptors (Lipinski definition) is 6. The first-order valence-corrected chi connectivity index (χ1v) is 15.8. The number of nitrogens with one attached hydrogen (secondary N) is 1. The van der Waals surface area contributed by atoms with Gasteiger partial charge in [0.2, 0.25) is 21.8 Å². The van der Waals surface area contributed by atoms with E-state index < -0.39 is 33.4 Å². The third-order valence-electron chi connectivity index (χ3n) is 7.28. The molecule has 1 fully saturated rings. The first-order valence-electron chi connectivity index (χ1n) is 13.6. The van der Waals surface area contributed by atoms with Crippen molar-refractivity contribution >= 4 is 44.8 Å². The van der Waals surface area contributed by atoms with Crippen molar-refractivity contribution in [3.63, 3.8) is 0 Å². The minimum Gasteiger partial charge on any atom is -0.352 e. The predicted molar refractivity (Wildman–Crippen MR) is 162 cm³/mol. The molecule has 10 nitrogen and oxygen atoms in total. The van der Waals surface area contributed by atoms with E-state index in [-0.39, 0.29) is 36.3 Å². The van der Waals surface area contributed by atoms with Crippen LogP contribution < -0.4 is 9.62 Å². The van der Waals surface area contributed by atoms with Gasteiger partial charge in [-0.25, -0.2) is 8.42 Å². The number of carbonyl (C=O) groups is 2. The highest BCUT2D eigenvalue weighted by atomic mass is 35.5. The van der Waals surface area contributed by atoms with Gasteiger partial charge in [0.25, 0.3) is 5.69 Å². The number of carbonyl (C=O) groups excluding carboxylic acids is 2. The van der Waals surface area contributed by atoms with Crippen molar-refractivity contribution in [3.05, 3.63) is 105 Å². The van der Waals surface area contributed by atoms with Gasteiger partial charge in [-0.3, -0.25) is 24.0 Å². The Bertz CT molecular complexity index is 1530. The minimum absolute atomic E-state index is 0.00887. The number of rotatable bonds is 12. The summed E-state index contributed by atoms with van der Waals surface area (Å²) in [6, 6.07) is 20.3. The zero-order valence-corrected chi connectivity index (χ0v) is 24.8. The van der Waals surface area contributed by atoms with E-state index in [9.17, 15) is 28.1 Å². The first kappa shape index (κ1) is 31.0. The monoisotopic (exact) mass is 612 g/mol. The van der Waals surface area contributed by atoms with E-state index in [1.54, 1.807) is 24.3 Å². The van der Waals surface area contributed by atoms with Crippen molar-refractivity contribution in [2.75, 3.05) is 17.1 Å². The highest BCUT2D eigenvalue weighted by Crippen LogP contribution is 2.26. The topological polar surface area (TPSA) is 130 Å². The Hall–Kier alpha value is -3.96. The summed E-state index contributed by atoms with van der Waals surface area (Å²) in [6.07, 6.45) is 4.80. The van der Waals surface area contributed by atoms with Crippen molar-refractivity contribution in [2.24, 2.45) is 0 Å². The zero-order valence-electron chi connectivity index (χ0n) is 23.2. The summed E-state index contributed by atoms with van der Waals surface area (Å²) in [6.45, 7) is -0.729. The average Bonchev–Trinajstić information content (AvgIpc) is 3.47. The van der Waals surface area contributed by atoms with Crippen LogP contribution in [0.4, 0.5) is 11.4 Å². The lowest BCUT2D eigenvalue weighted by molar-refractivity contribution is -0.384. The molecule has 0 saturated heterocycles. The number of nitrogens with zero attached hydrogens (tertiary/aromatic N) is 3. The molecule has 0 aliphatic heterocycles. The van der Waals surface area contributed by atoms with Crippen LogP contribution in [0.5, 0.6) is 0 Å². The van der Waals surface area contributed by atoms with Crippen molar-refractivity contribution < 1.29 is 22.9 Å². The fourth-order valence-corrected chi connectivity index (χ4v) is 6.14. The van der Waals surface area contributed by atoms with Crippen LogP contribution in [0, 0.1) is 10.1 Å². The molecule has 3 aromatic carbocycles. The summed E-state index contributed by atoms with van der Waals surface area (Å²) in [7, 11) is -4.06. The largest absolute Gasteiger partial charge is 0.352 e. The van der Waals surface area contributed by atoms with Gasteiger partial charge < -0.3 is 10.2 Å². The van der Waals surface area contributed by atoms with Gasteiger partial charge in [-0.1, -0.05) is 79.0 Å². The lowest BCUT2D eigenvalue weighted by Crippen LogP contribution is -2.54. The fraction of sp³-hybridized carbons (Fsp3) is 0.333. The fourth-order valence-electron chi connectivity index (χ4n) is 5.11. The molecule has 3 aromatic rings. The molecule has 1 atom stereocenters. The number of nitro benzene ring substituents is 1. The van der Waals surface area contributed by atoms with E-state index >= 15 is 0 Å².